The van der Waals surface area contributed by atoms with Crippen molar-refractivity contribution in [1.82, 2.24) is 9.80 Å². The Labute approximate surface area is 172 Å². The molecule has 0 saturated carbocycles. The topological polar surface area (TPSA) is 44.8 Å². The van der Waals surface area contributed by atoms with Crippen LogP contribution in [0.4, 0.5) is 10.1 Å². The van der Waals surface area contributed by atoms with Crippen LogP contribution in [0.2, 0.25) is 0 Å². The zero-order chi connectivity index (χ0) is 20.8. The van der Waals surface area contributed by atoms with Gasteiger partial charge < -0.3 is 10.1 Å². The van der Waals surface area contributed by atoms with Gasteiger partial charge in [0.25, 0.3) is 0 Å². The number of hydrogen-bond acceptors (Lipinski definition) is 4. The molecule has 0 aromatic heterocycles. The molecule has 2 aromatic rings. The number of carbonyl (C=O) groups is 1. The summed E-state index contributed by atoms with van der Waals surface area (Å²) in [5.74, 6) is -0.0523. The number of nitrogens with one attached hydrogen (secondary N) is 1. The van der Waals surface area contributed by atoms with Crippen molar-refractivity contribution in [3.05, 3.63) is 59.4 Å². The van der Waals surface area contributed by atoms with Crippen molar-refractivity contribution >= 4 is 11.6 Å². The standard InChI is InChI=1S/C23H30FN3O2/c1-4-18-5-8-20(9-6-18)25-23(28)17(2)27-13-11-26(12-14-27)16-19-7-10-22(29-3)21(24)15-19/h5-10,15,17H,4,11-14,16H2,1-3H3,(H,25,28)/t17-/m0/s1. The molecule has 1 aliphatic rings. The maximum absolute atomic E-state index is 13.9. The maximum Gasteiger partial charge on any atom is 0.241 e. The van der Waals surface area contributed by atoms with Gasteiger partial charge >= 0.3 is 0 Å². The number of anilines is 1. The van der Waals surface area contributed by atoms with E-state index in [1.54, 1.807) is 6.07 Å². The van der Waals surface area contributed by atoms with Crippen LogP contribution < -0.4 is 10.1 Å². The summed E-state index contributed by atoms with van der Waals surface area (Å²) in [6, 6.07) is 12.9. The van der Waals surface area contributed by atoms with Crippen LogP contribution in [0.15, 0.2) is 42.5 Å². The fourth-order valence-corrected chi connectivity index (χ4v) is 3.61. The first-order valence-corrected chi connectivity index (χ1v) is 10.2. The number of aryl methyl sites for hydroxylation is 1. The van der Waals surface area contributed by atoms with Crippen molar-refractivity contribution in [2.45, 2.75) is 32.9 Å². The zero-order valence-corrected chi connectivity index (χ0v) is 17.5. The molecule has 1 N–H and O–H groups in total. The molecule has 1 fully saturated rings. The van der Waals surface area contributed by atoms with Crippen molar-refractivity contribution < 1.29 is 13.9 Å². The van der Waals surface area contributed by atoms with Gasteiger partial charge in [-0.3, -0.25) is 14.6 Å². The summed E-state index contributed by atoms with van der Waals surface area (Å²) in [6.07, 6.45) is 0.984. The molecule has 1 aliphatic heterocycles. The van der Waals surface area contributed by atoms with E-state index >= 15 is 0 Å². The molecule has 0 bridgehead atoms. The Bertz CT molecular complexity index is 817. The molecule has 3 rings (SSSR count). The van der Waals surface area contributed by atoms with Crippen molar-refractivity contribution in [2.24, 2.45) is 0 Å². The predicted molar refractivity (Wildman–Crippen MR) is 114 cm³/mol. The number of rotatable bonds is 7. The summed E-state index contributed by atoms with van der Waals surface area (Å²) >= 11 is 0. The summed E-state index contributed by atoms with van der Waals surface area (Å²) in [7, 11) is 1.47. The van der Waals surface area contributed by atoms with Gasteiger partial charge in [0.15, 0.2) is 11.6 Å². The quantitative estimate of drug-likeness (QED) is 0.774. The van der Waals surface area contributed by atoms with Crippen molar-refractivity contribution in [1.29, 1.82) is 0 Å². The Morgan fingerprint density at radius 3 is 2.34 bits per heavy atom. The number of methoxy groups -OCH3 is 1. The Balaban J connectivity index is 1.48. The number of nitrogens with zero attached hydrogens (tertiary/aromatic N) is 2. The first kappa shape index (κ1) is 21.3. The fourth-order valence-electron chi connectivity index (χ4n) is 3.61. The van der Waals surface area contributed by atoms with Gasteiger partial charge in [-0.15, -0.1) is 0 Å². The number of piperazine rings is 1. The van der Waals surface area contributed by atoms with Gasteiger partial charge in [-0.25, -0.2) is 4.39 Å². The van der Waals surface area contributed by atoms with Crippen LogP contribution in [-0.2, 0) is 17.8 Å². The lowest BCUT2D eigenvalue weighted by Crippen LogP contribution is -2.52. The van der Waals surface area contributed by atoms with Crippen LogP contribution in [0.1, 0.15) is 25.0 Å². The molecule has 1 atom stereocenters. The third-order valence-electron chi connectivity index (χ3n) is 5.59. The van der Waals surface area contributed by atoms with Gasteiger partial charge in [0.1, 0.15) is 0 Å². The number of ether oxygens (including phenoxy) is 1. The SMILES string of the molecule is CCc1ccc(NC(=O)[C@H](C)N2CCN(Cc3ccc(OC)c(F)c3)CC2)cc1. The van der Waals surface area contributed by atoms with Gasteiger partial charge in [0.05, 0.1) is 13.2 Å². The number of halogens is 1. The average Bonchev–Trinajstić information content (AvgIpc) is 2.74. The molecule has 1 amide bonds. The lowest BCUT2D eigenvalue weighted by molar-refractivity contribution is -0.121. The number of amides is 1. The van der Waals surface area contributed by atoms with E-state index in [1.165, 1.54) is 18.7 Å². The average molecular weight is 400 g/mol. The minimum absolute atomic E-state index is 0.0138. The molecule has 0 spiro atoms. The smallest absolute Gasteiger partial charge is 0.241 e. The van der Waals surface area contributed by atoms with Gasteiger partial charge in [0.2, 0.25) is 5.91 Å². The normalized spacial score (nSPS) is 16.4. The molecule has 0 aliphatic carbocycles. The summed E-state index contributed by atoms with van der Waals surface area (Å²) in [5, 5.41) is 3.01. The minimum atomic E-state index is -0.333. The van der Waals surface area contributed by atoms with Crippen LogP contribution >= 0.6 is 0 Å². The monoisotopic (exact) mass is 399 g/mol. The highest BCUT2D eigenvalue weighted by Crippen LogP contribution is 2.19. The molecule has 1 saturated heterocycles. The third kappa shape index (κ3) is 5.55. The van der Waals surface area contributed by atoms with Crippen LogP contribution in [0, 0.1) is 5.82 Å². The van der Waals surface area contributed by atoms with E-state index < -0.39 is 0 Å². The van der Waals surface area contributed by atoms with Crippen LogP contribution in [0.3, 0.4) is 0 Å². The van der Waals surface area contributed by atoms with Crippen LogP contribution in [0.5, 0.6) is 5.75 Å². The van der Waals surface area contributed by atoms with E-state index in [1.807, 2.05) is 37.3 Å². The molecule has 5 nitrogen and oxygen atoms in total. The number of hydrogen-bond donors (Lipinski definition) is 1. The lowest BCUT2D eigenvalue weighted by Gasteiger charge is -2.37. The second kappa shape index (κ2) is 9.85. The molecule has 2 aromatic carbocycles. The van der Waals surface area contributed by atoms with Gasteiger partial charge in [-0.1, -0.05) is 25.1 Å². The first-order valence-electron chi connectivity index (χ1n) is 10.2. The second-order valence-electron chi connectivity index (χ2n) is 7.50. The molecule has 0 unspecified atom stereocenters. The number of benzene rings is 2. The Morgan fingerprint density at radius 1 is 1.10 bits per heavy atom. The molecule has 6 heteroatoms. The second-order valence-corrected chi connectivity index (χ2v) is 7.50. The van der Waals surface area contributed by atoms with E-state index in [9.17, 15) is 9.18 Å². The highest BCUT2D eigenvalue weighted by atomic mass is 19.1. The highest BCUT2D eigenvalue weighted by Gasteiger charge is 2.25. The first-order chi connectivity index (χ1) is 14.0. The van der Waals surface area contributed by atoms with E-state index in [2.05, 4.69) is 22.0 Å². The molecule has 29 heavy (non-hydrogen) atoms. The molecule has 0 radical (unpaired) electrons. The Kier molecular flexibility index (Phi) is 7.23. The predicted octanol–water partition coefficient (Wildman–Crippen LogP) is 3.54. The van der Waals surface area contributed by atoms with Crippen LogP contribution in [0.25, 0.3) is 0 Å². The van der Waals surface area contributed by atoms with E-state index in [4.69, 9.17) is 4.74 Å². The van der Waals surface area contributed by atoms with Gasteiger partial charge in [-0.05, 0) is 48.7 Å². The summed E-state index contributed by atoms with van der Waals surface area (Å²) < 4.78 is 18.9. The van der Waals surface area contributed by atoms with Crippen molar-refractivity contribution in [3.63, 3.8) is 0 Å². The van der Waals surface area contributed by atoms with Crippen molar-refractivity contribution in [3.8, 4) is 5.75 Å². The molecular weight excluding hydrogens is 369 g/mol. The molecule has 156 valence electrons. The van der Waals surface area contributed by atoms with Crippen molar-refractivity contribution in [2.75, 3.05) is 38.6 Å². The fraction of sp³-hybridized carbons (Fsp3) is 0.435. The summed E-state index contributed by atoms with van der Waals surface area (Å²) in [4.78, 5) is 17.1. The Hall–Kier alpha value is -2.44. The lowest BCUT2D eigenvalue weighted by atomic mass is 10.1. The van der Waals surface area contributed by atoms with Gasteiger partial charge in [-0.2, -0.15) is 0 Å². The van der Waals surface area contributed by atoms with E-state index in [0.717, 1.165) is 43.9 Å². The molecule has 1 heterocycles. The van der Waals surface area contributed by atoms with E-state index in [0.29, 0.717) is 6.54 Å². The maximum atomic E-state index is 13.9. The highest BCUT2D eigenvalue weighted by molar-refractivity contribution is 5.94. The third-order valence-corrected chi connectivity index (χ3v) is 5.59. The number of carbonyl (C=O) groups excluding carboxylic acids is 1. The zero-order valence-electron chi connectivity index (χ0n) is 17.5. The largest absolute Gasteiger partial charge is 0.494 e. The molecular formula is C23H30FN3O2. The van der Waals surface area contributed by atoms with Crippen LogP contribution in [-0.4, -0.2) is 55.0 Å². The summed E-state index contributed by atoms with van der Waals surface area (Å²) in [6.45, 7) is 8.06. The Morgan fingerprint density at radius 2 is 1.76 bits per heavy atom. The van der Waals surface area contributed by atoms with E-state index in [-0.39, 0.29) is 23.5 Å². The van der Waals surface area contributed by atoms with Gasteiger partial charge in [0, 0.05) is 38.4 Å². The summed E-state index contributed by atoms with van der Waals surface area (Å²) in [5.41, 5.74) is 3.01. The minimum Gasteiger partial charge on any atom is -0.494 e.